The summed E-state index contributed by atoms with van der Waals surface area (Å²) in [5, 5.41) is 2.51. The lowest BCUT2D eigenvalue weighted by Crippen LogP contribution is -2.14. The molecule has 2 rings (SSSR count). The summed E-state index contributed by atoms with van der Waals surface area (Å²) >= 11 is 0. The molecule has 0 radical (unpaired) electrons. The minimum atomic E-state index is -0.620. The molecule has 0 aliphatic rings. The zero-order chi connectivity index (χ0) is 14.5. The van der Waals surface area contributed by atoms with E-state index in [4.69, 9.17) is 4.74 Å². The Morgan fingerprint density at radius 1 is 1.20 bits per heavy atom. The van der Waals surface area contributed by atoms with Crippen LogP contribution in [0, 0.1) is 11.6 Å². The number of anilines is 1. The van der Waals surface area contributed by atoms with E-state index in [0.29, 0.717) is 12.3 Å². The van der Waals surface area contributed by atoms with E-state index >= 15 is 0 Å². The Labute approximate surface area is 115 Å². The van der Waals surface area contributed by atoms with Gasteiger partial charge in [0.15, 0.2) is 0 Å². The third kappa shape index (κ3) is 3.12. The average Bonchev–Trinajstić information content (AvgIpc) is 2.42. The highest BCUT2D eigenvalue weighted by Gasteiger charge is 2.13. The molecule has 0 bridgehead atoms. The molecule has 2 aromatic carbocycles. The van der Waals surface area contributed by atoms with Gasteiger partial charge in [-0.1, -0.05) is 12.1 Å². The van der Waals surface area contributed by atoms with Gasteiger partial charge in [-0.15, -0.1) is 0 Å². The van der Waals surface area contributed by atoms with Gasteiger partial charge in [-0.2, -0.15) is 0 Å². The number of nitrogens with one attached hydrogen (secondary N) is 1. The van der Waals surface area contributed by atoms with E-state index in [0.717, 1.165) is 0 Å². The fourth-order valence-electron chi connectivity index (χ4n) is 1.71. The summed E-state index contributed by atoms with van der Waals surface area (Å²) in [4.78, 5) is 12.0. The van der Waals surface area contributed by atoms with Crippen LogP contribution in [0.15, 0.2) is 42.5 Å². The maximum absolute atomic E-state index is 13.5. The lowest BCUT2D eigenvalue weighted by Gasteiger charge is -2.11. The minimum Gasteiger partial charge on any atom is -0.492 e. The zero-order valence-electron chi connectivity index (χ0n) is 10.8. The van der Waals surface area contributed by atoms with Crippen molar-refractivity contribution in [3.05, 3.63) is 59.7 Å². The maximum Gasteiger partial charge on any atom is 0.258 e. The van der Waals surface area contributed by atoms with Crippen molar-refractivity contribution >= 4 is 11.6 Å². The van der Waals surface area contributed by atoms with Crippen molar-refractivity contribution in [1.82, 2.24) is 0 Å². The first kappa shape index (κ1) is 14.0. The fraction of sp³-hybridized carbons (Fsp3) is 0.133. The lowest BCUT2D eigenvalue weighted by molar-refractivity contribution is 0.102. The fourth-order valence-corrected chi connectivity index (χ4v) is 1.71. The molecule has 20 heavy (non-hydrogen) atoms. The lowest BCUT2D eigenvalue weighted by atomic mass is 10.2. The minimum absolute atomic E-state index is 0.0840. The van der Waals surface area contributed by atoms with E-state index in [-0.39, 0.29) is 11.3 Å². The van der Waals surface area contributed by atoms with Crippen molar-refractivity contribution in [3.8, 4) is 5.75 Å². The highest BCUT2D eigenvalue weighted by atomic mass is 19.1. The van der Waals surface area contributed by atoms with Crippen molar-refractivity contribution in [2.75, 3.05) is 11.9 Å². The Kier molecular flexibility index (Phi) is 4.30. The number of carbonyl (C=O) groups is 1. The second-order valence-electron chi connectivity index (χ2n) is 4.01. The molecule has 0 saturated heterocycles. The summed E-state index contributed by atoms with van der Waals surface area (Å²) < 4.78 is 31.9. The predicted octanol–water partition coefficient (Wildman–Crippen LogP) is 3.62. The number of benzene rings is 2. The summed E-state index contributed by atoms with van der Waals surface area (Å²) in [7, 11) is 0. The van der Waals surface area contributed by atoms with Gasteiger partial charge in [-0.3, -0.25) is 4.79 Å². The SMILES string of the molecule is CCOc1cc(F)ccc1NC(=O)c1ccccc1F. The summed E-state index contributed by atoms with van der Waals surface area (Å²) in [6.07, 6.45) is 0. The average molecular weight is 277 g/mol. The van der Waals surface area contributed by atoms with Crippen LogP contribution in [0.4, 0.5) is 14.5 Å². The van der Waals surface area contributed by atoms with Crippen molar-refractivity contribution in [1.29, 1.82) is 0 Å². The number of amides is 1. The van der Waals surface area contributed by atoms with E-state index in [2.05, 4.69) is 5.32 Å². The quantitative estimate of drug-likeness (QED) is 0.927. The molecule has 1 amide bonds. The van der Waals surface area contributed by atoms with Gasteiger partial charge in [0, 0.05) is 6.07 Å². The molecule has 0 atom stereocenters. The molecule has 3 nitrogen and oxygen atoms in total. The Hall–Kier alpha value is -2.43. The predicted molar refractivity (Wildman–Crippen MR) is 71.9 cm³/mol. The first-order chi connectivity index (χ1) is 9.61. The summed E-state index contributed by atoms with van der Waals surface area (Å²) in [6, 6.07) is 9.36. The van der Waals surface area contributed by atoms with Crippen LogP contribution in [0.5, 0.6) is 5.75 Å². The second-order valence-corrected chi connectivity index (χ2v) is 4.01. The highest BCUT2D eigenvalue weighted by molar-refractivity contribution is 6.05. The van der Waals surface area contributed by atoms with Gasteiger partial charge in [0.2, 0.25) is 0 Å². The molecule has 104 valence electrons. The topological polar surface area (TPSA) is 38.3 Å². The second kappa shape index (κ2) is 6.14. The summed E-state index contributed by atoms with van der Waals surface area (Å²) in [5.74, 6) is -1.50. The molecule has 1 N–H and O–H groups in total. The van der Waals surface area contributed by atoms with Crippen LogP contribution in [-0.4, -0.2) is 12.5 Å². The number of hydrogen-bond donors (Lipinski definition) is 1. The molecular weight excluding hydrogens is 264 g/mol. The van der Waals surface area contributed by atoms with Crippen molar-refractivity contribution in [2.45, 2.75) is 6.92 Å². The van der Waals surface area contributed by atoms with Gasteiger partial charge < -0.3 is 10.1 Å². The van der Waals surface area contributed by atoms with Crippen LogP contribution < -0.4 is 10.1 Å². The van der Waals surface area contributed by atoms with Gasteiger partial charge in [-0.05, 0) is 31.2 Å². The van der Waals surface area contributed by atoms with Gasteiger partial charge in [0.05, 0.1) is 17.9 Å². The molecular formula is C15H13F2NO2. The zero-order valence-corrected chi connectivity index (χ0v) is 10.8. The van der Waals surface area contributed by atoms with E-state index in [1.54, 1.807) is 13.0 Å². The molecule has 0 aliphatic heterocycles. The van der Waals surface area contributed by atoms with Crippen LogP contribution in [0.3, 0.4) is 0 Å². The molecule has 0 heterocycles. The normalized spacial score (nSPS) is 10.2. The van der Waals surface area contributed by atoms with Crippen molar-refractivity contribution in [2.24, 2.45) is 0 Å². The van der Waals surface area contributed by atoms with E-state index in [1.165, 1.54) is 36.4 Å². The van der Waals surface area contributed by atoms with E-state index in [9.17, 15) is 13.6 Å². The third-order valence-corrected chi connectivity index (χ3v) is 2.61. The molecule has 0 aromatic heterocycles. The smallest absolute Gasteiger partial charge is 0.258 e. The first-order valence-corrected chi connectivity index (χ1v) is 6.10. The third-order valence-electron chi connectivity index (χ3n) is 2.61. The standard InChI is InChI=1S/C15H13F2NO2/c1-2-20-14-9-10(16)7-8-13(14)18-15(19)11-5-3-4-6-12(11)17/h3-9H,2H2,1H3,(H,18,19). The van der Waals surface area contributed by atoms with E-state index < -0.39 is 17.5 Å². The molecule has 2 aromatic rings. The Morgan fingerprint density at radius 2 is 1.95 bits per heavy atom. The number of hydrogen-bond acceptors (Lipinski definition) is 2. The van der Waals surface area contributed by atoms with Gasteiger partial charge in [0.25, 0.3) is 5.91 Å². The number of carbonyl (C=O) groups excluding carboxylic acids is 1. The summed E-state index contributed by atoms with van der Waals surface area (Å²) in [5.41, 5.74) is 0.209. The molecule has 0 fully saturated rings. The number of rotatable bonds is 4. The van der Waals surface area contributed by atoms with Crippen LogP contribution in [0.2, 0.25) is 0 Å². The Balaban J connectivity index is 2.26. The summed E-state index contributed by atoms with van der Waals surface area (Å²) in [6.45, 7) is 2.07. The molecule has 0 saturated carbocycles. The Morgan fingerprint density at radius 3 is 2.65 bits per heavy atom. The van der Waals surface area contributed by atoms with E-state index in [1.807, 2.05) is 0 Å². The monoisotopic (exact) mass is 277 g/mol. The number of halogens is 2. The Bertz CT molecular complexity index is 629. The number of ether oxygens (including phenoxy) is 1. The van der Waals surface area contributed by atoms with Crippen molar-refractivity contribution in [3.63, 3.8) is 0 Å². The largest absolute Gasteiger partial charge is 0.492 e. The van der Waals surface area contributed by atoms with Crippen LogP contribution in [0.25, 0.3) is 0 Å². The van der Waals surface area contributed by atoms with Crippen LogP contribution in [0.1, 0.15) is 17.3 Å². The van der Waals surface area contributed by atoms with Gasteiger partial charge in [0.1, 0.15) is 17.4 Å². The maximum atomic E-state index is 13.5. The van der Waals surface area contributed by atoms with Crippen LogP contribution >= 0.6 is 0 Å². The molecule has 0 unspecified atom stereocenters. The van der Waals surface area contributed by atoms with Gasteiger partial charge >= 0.3 is 0 Å². The molecule has 0 aliphatic carbocycles. The first-order valence-electron chi connectivity index (χ1n) is 6.10. The van der Waals surface area contributed by atoms with Gasteiger partial charge in [-0.25, -0.2) is 8.78 Å². The van der Waals surface area contributed by atoms with Crippen LogP contribution in [-0.2, 0) is 0 Å². The van der Waals surface area contributed by atoms with Crippen molar-refractivity contribution < 1.29 is 18.3 Å². The highest BCUT2D eigenvalue weighted by Crippen LogP contribution is 2.26. The molecule has 5 heteroatoms. The molecule has 0 spiro atoms.